The second-order valence-electron chi connectivity index (χ2n) is 5.57. The number of benzene rings is 1. The van der Waals surface area contributed by atoms with Gasteiger partial charge in [0.2, 0.25) is 0 Å². The van der Waals surface area contributed by atoms with Crippen molar-refractivity contribution in [1.82, 2.24) is 4.90 Å². The van der Waals surface area contributed by atoms with Crippen LogP contribution in [-0.2, 0) is 13.1 Å². The highest BCUT2D eigenvalue weighted by Gasteiger charge is 2.29. The summed E-state index contributed by atoms with van der Waals surface area (Å²) in [6.45, 7) is 4.62. The van der Waals surface area contributed by atoms with Crippen LogP contribution in [-0.4, -0.2) is 17.5 Å². The largest absolute Gasteiger partial charge is 0.494 e. The number of hydrogen-bond donors (Lipinski definition) is 1. The predicted molar refractivity (Wildman–Crippen MR) is 88.6 cm³/mol. The minimum absolute atomic E-state index is 0.685. The number of ether oxygens (including phenoxy) is 1. The molecule has 0 unspecified atom stereocenters. The van der Waals surface area contributed by atoms with Crippen LogP contribution in [0.25, 0.3) is 0 Å². The van der Waals surface area contributed by atoms with E-state index in [-0.39, 0.29) is 0 Å². The summed E-state index contributed by atoms with van der Waals surface area (Å²) in [4.78, 5) is 2.54. The number of rotatable bonds is 7. The predicted octanol–water partition coefficient (Wildman–Crippen LogP) is 3.89. The van der Waals surface area contributed by atoms with Crippen molar-refractivity contribution in [2.45, 2.75) is 38.9 Å². The van der Waals surface area contributed by atoms with Crippen LogP contribution >= 0.6 is 11.3 Å². The Morgan fingerprint density at radius 2 is 2.14 bits per heavy atom. The standard InChI is InChI=1S/C17H22N2OS/c1-2-20-17-6-3-15(18)9-14(17)11-19(16-4-5-16)10-13-7-8-21-12-13/h3,6-9,12,16H,2,4-5,10-11,18H2,1H3. The molecule has 0 aliphatic heterocycles. The maximum Gasteiger partial charge on any atom is 0.123 e. The summed E-state index contributed by atoms with van der Waals surface area (Å²) in [5.41, 5.74) is 9.35. The monoisotopic (exact) mass is 302 g/mol. The molecule has 4 heteroatoms. The summed E-state index contributed by atoms with van der Waals surface area (Å²) < 4.78 is 5.75. The van der Waals surface area contributed by atoms with Crippen LogP contribution in [0.4, 0.5) is 5.69 Å². The first-order valence-electron chi connectivity index (χ1n) is 7.52. The molecule has 0 radical (unpaired) electrons. The van der Waals surface area contributed by atoms with Gasteiger partial charge in [0.05, 0.1) is 6.61 Å². The average molecular weight is 302 g/mol. The van der Waals surface area contributed by atoms with Crippen LogP contribution in [0.1, 0.15) is 30.9 Å². The maximum atomic E-state index is 5.95. The quantitative estimate of drug-likeness (QED) is 0.789. The molecule has 0 spiro atoms. The molecule has 0 bridgehead atoms. The second kappa shape index (κ2) is 6.50. The van der Waals surface area contributed by atoms with E-state index >= 15 is 0 Å². The van der Waals surface area contributed by atoms with Gasteiger partial charge in [-0.05, 0) is 60.4 Å². The Bertz CT molecular complexity index is 578. The number of nitrogens with two attached hydrogens (primary N) is 1. The molecular weight excluding hydrogens is 280 g/mol. The smallest absolute Gasteiger partial charge is 0.123 e. The van der Waals surface area contributed by atoms with E-state index in [0.29, 0.717) is 12.6 Å². The Hall–Kier alpha value is -1.52. The first kappa shape index (κ1) is 14.4. The summed E-state index contributed by atoms with van der Waals surface area (Å²) in [7, 11) is 0. The van der Waals surface area contributed by atoms with Gasteiger partial charge in [-0.25, -0.2) is 0 Å². The van der Waals surface area contributed by atoms with Gasteiger partial charge in [0.1, 0.15) is 5.75 Å². The van der Waals surface area contributed by atoms with Gasteiger partial charge in [-0.2, -0.15) is 11.3 Å². The van der Waals surface area contributed by atoms with Crippen molar-refractivity contribution in [2.75, 3.05) is 12.3 Å². The Labute approximate surface area is 130 Å². The molecule has 2 aromatic rings. The summed E-state index contributed by atoms with van der Waals surface area (Å²) in [5, 5.41) is 4.38. The molecule has 1 aliphatic rings. The molecule has 3 rings (SSSR count). The summed E-state index contributed by atoms with van der Waals surface area (Å²) in [6.07, 6.45) is 2.60. The Kier molecular flexibility index (Phi) is 4.46. The Morgan fingerprint density at radius 3 is 2.81 bits per heavy atom. The van der Waals surface area contributed by atoms with E-state index < -0.39 is 0 Å². The van der Waals surface area contributed by atoms with Crippen molar-refractivity contribution in [3.8, 4) is 5.75 Å². The fourth-order valence-electron chi connectivity index (χ4n) is 2.61. The fourth-order valence-corrected chi connectivity index (χ4v) is 3.27. The van der Waals surface area contributed by atoms with E-state index in [9.17, 15) is 0 Å². The molecule has 1 heterocycles. The van der Waals surface area contributed by atoms with E-state index in [1.807, 2.05) is 25.1 Å². The Balaban J connectivity index is 1.77. The number of hydrogen-bond acceptors (Lipinski definition) is 4. The van der Waals surface area contributed by atoms with Crippen molar-refractivity contribution in [1.29, 1.82) is 0 Å². The first-order valence-corrected chi connectivity index (χ1v) is 8.47. The Morgan fingerprint density at radius 1 is 1.29 bits per heavy atom. The van der Waals surface area contributed by atoms with Crippen LogP contribution in [0.15, 0.2) is 35.0 Å². The van der Waals surface area contributed by atoms with Gasteiger partial charge in [0.15, 0.2) is 0 Å². The number of nitrogens with zero attached hydrogens (tertiary/aromatic N) is 1. The lowest BCUT2D eigenvalue weighted by Gasteiger charge is -2.23. The van der Waals surface area contributed by atoms with E-state index in [1.165, 1.54) is 24.0 Å². The van der Waals surface area contributed by atoms with Gasteiger partial charge in [-0.3, -0.25) is 4.90 Å². The normalized spacial score (nSPS) is 14.6. The molecule has 1 aromatic heterocycles. The van der Waals surface area contributed by atoms with Crippen LogP contribution in [0.2, 0.25) is 0 Å². The van der Waals surface area contributed by atoms with Gasteiger partial charge in [0.25, 0.3) is 0 Å². The molecule has 1 aliphatic carbocycles. The molecule has 2 N–H and O–H groups in total. The van der Waals surface area contributed by atoms with E-state index in [1.54, 1.807) is 11.3 Å². The van der Waals surface area contributed by atoms with Crippen LogP contribution in [0.3, 0.4) is 0 Å². The van der Waals surface area contributed by atoms with Gasteiger partial charge >= 0.3 is 0 Å². The van der Waals surface area contributed by atoms with Crippen molar-refractivity contribution in [2.24, 2.45) is 0 Å². The van der Waals surface area contributed by atoms with Crippen molar-refractivity contribution in [3.63, 3.8) is 0 Å². The third kappa shape index (κ3) is 3.77. The maximum absolute atomic E-state index is 5.95. The number of thiophene rings is 1. The highest BCUT2D eigenvalue weighted by Crippen LogP contribution is 2.32. The highest BCUT2D eigenvalue weighted by atomic mass is 32.1. The molecular formula is C17H22N2OS. The van der Waals surface area contributed by atoms with Crippen molar-refractivity contribution >= 4 is 17.0 Å². The molecule has 1 saturated carbocycles. The first-order chi connectivity index (χ1) is 10.3. The lowest BCUT2D eigenvalue weighted by molar-refractivity contribution is 0.239. The van der Waals surface area contributed by atoms with Gasteiger partial charge < -0.3 is 10.5 Å². The zero-order chi connectivity index (χ0) is 14.7. The average Bonchev–Trinajstić information content (AvgIpc) is 3.19. The number of anilines is 1. The summed E-state index contributed by atoms with van der Waals surface area (Å²) in [5.74, 6) is 0.961. The van der Waals surface area contributed by atoms with E-state index in [2.05, 4.69) is 21.7 Å². The molecule has 0 atom stereocenters. The second-order valence-corrected chi connectivity index (χ2v) is 6.35. The van der Waals surface area contributed by atoms with Crippen LogP contribution in [0.5, 0.6) is 5.75 Å². The van der Waals surface area contributed by atoms with E-state index in [4.69, 9.17) is 10.5 Å². The third-order valence-electron chi connectivity index (χ3n) is 3.79. The highest BCUT2D eigenvalue weighted by molar-refractivity contribution is 7.07. The molecule has 1 aromatic carbocycles. The SMILES string of the molecule is CCOc1ccc(N)cc1CN(Cc1ccsc1)C1CC1. The van der Waals surface area contributed by atoms with Crippen LogP contribution in [0, 0.1) is 0 Å². The van der Waals surface area contributed by atoms with Gasteiger partial charge in [-0.1, -0.05) is 0 Å². The summed E-state index contributed by atoms with van der Waals surface area (Å²) >= 11 is 1.76. The minimum atomic E-state index is 0.685. The van der Waals surface area contributed by atoms with Crippen molar-refractivity contribution < 1.29 is 4.74 Å². The zero-order valence-electron chi connectivity index (χ0n) is 12.4. The molecule has 0 saturated heterocycles. The molecule has 112 valence electrons. The summed E-state index contributed by atoms with van der Waals surface area (Å²) in [6, 6.07) is 8.87. The van der Waals surface area contributed by atoms with Gasteiger partial charge in [0, 0.05) is 30.4 Å². The minimum Gasteiger partial charge on any atom is -0.494 e. The molecule has 0 amide bonds. The van der Waals surface area contributed by atoms with Gasteiger partial charge in [-0.15, -0.1) is 0 Å². The zero-order valence-corrected chi connectivity index (χ0v) is 13.2. The molecule has 1 fully saturated rings. The lowest BCUT2D eigenvalue weighted by atomic mass is 10.1. The number of nitrogen functional groups attached to an aromatic ring is 1. The van der Waals surface area contributed by atoms with Crippen molar-refractivity contribution in [3.05, 3.63) is 46.2 Å². The lowest BCUT2D eigenvalue weighted by Crippen LogP contribution is -2.25. The van der Waals surface area contributed by atoms with Crippen LogP contribution < -0.4 is 10.5 Å². The van der Waals surface area contributed by atoms with E-state index in [0.717, 1.165) is 24.5 Å². The molecule has 3 nitrogen and oxygen atoms in total. The molecule has 21 heavy (non-hydrogen) atoms. The topological polar surface area (TPSA) is 38.5 Å². The fraction of sp³-hybridized carbons (Fsp3) is 0.412. The third-order valence-corrected chi connectivity index (χ3v) is 4.52.